The molecule has 2 aromatic carbocycles. The van der Waals surface area contributed by atoms with E-state index in [-0.39, 0.29) is 11.4 Å². The third-order valence-electron chi connectivity index (χ3n) is 4.87. The lowest BCUT2D eigenvalue weighted by molar-refractivity contribution is 0.214. The van der Waals surface area contributed by atoms with Crippen LogP contribution in [-0.4, -0.2) is 19.7 Å². The lowest BCUT2D eigenvalue weighted by Gasteiger charge is -2.42. The minimum atomic E-state index is -0.125. The van der Waals surface area contributed by atoms with E-state index in [1.807, 2.05) is 30.3 Å². The zero-order chi connectivity index (χ0) is 16.8. The predicted octanol–water partition coefficient (Wildman–Crippen LogP) is 3.62. The van der Waals surface area contributed by atoms with E-state index in [4.69, 9.17) is 4.74 Å². The van der Waals surface area contributed by atoms with Gasteiger partial charge in [0, 0.05) is 18.5 Å². The molecule has 0 unspecified atom stereocenters. The van der Waals surface area contributed by atoms with Gasteiger partial charge in [0.15, 0.2) is 0 Å². The molecule has 0 bridgehead atoms. The maximum atomic E-state index is 12.1. The van der Waals surface area contributed by atoms with Crippen molar-refractivity contribution in [2.24, 2.45) is 0 Å². The maximum absolute atomic E-state index is 12.1. The number of rotatable bonds is 6. The van der Waals surface area contributed by atoms with E-state index < -0.39 is 0 Å². The van der Waals surface area contributed by atoms with Crippen molar-refractivity contribution >= 4 is 6.03 Å². The Morgan fingerprint density at radius 2 is 1.88 bits per heavy atom. The first kappa shape index (κ1) is 16.4. The fourth-order valence-corrected chi connectivity index (χ4v) is 3.24. The summed E-state index contributed by atoms with van der Waals surface area (Å²) in [5.41, 5.74) is 2.45. The van der Waals surface area contributed by atoms with Crippen LogP contribution < -0.4 is 15.4 Å². The topological polar surface area (TPSA) is 50.4 Å². The number of urea groups is 1. The Morgan fingerprint density at radius 3 is 2.54 bits per heavy atom. The van der Waals surface area contributed by atoms with Crippen LogP contribution in [0.15, 0.2) is 54.6 Å². The average molecular weight is 324 g/mol. The summed E-state index contributed by atoms with van der Waals surface area (Å²) in [5, 5.41) is 5.96. The zero-order valence-electron chi connectivity index (χ0n) is 14.0. The quantitative estimate of drug-likeness (QED) is 0.853. The predicted molar refractivity (Wildman–Crippen MR) is 95.2 cm³/mol. The van der Waals surface area contributed by atoms with Gasteiger partial charge in [0.25, 0.3) is 0 Å². The van der Waals surface area contributed by atoms with Crippen molar-refractivity contribution in [1.82, 2.24) is 10.6 Å². The number of carbonyl (C=O) groups excluding carboxylic acids is 1. The van der Waals surface area contributed by atoms with Crippen molar-refractivity contribution in [3.05, 3.63) is 65.7 Å². The fourth-order valence-electron chi connectivity index (χ4n) is 3.24. The second-order valence-electron chi connectivity index (χ2n) is 6.39. The molecule has 1 fully saturated rings. The van der Waals surface area contributed by atoms with E-state index >= 15 is 0 Å². The largest absolute Gasteiger partial charge is 0.497 e. The van der Waals surface area contributed by atoms with Crippen LogP contribution in [0.25, 0.3) is 0 Å². The van der Waals surface area contributed by atoms with E-state index in [0.717, 1.165) is 24.2 Å². The van der Waals surface area contributed by atoms with Crippen molar-refractivity contribution in [3.8, 4) is 5.75 Å². The molecule has 126 valence electrons. The molecule has 2 amide bonds. The van der Waals surface area contributed by atoms with E-state index in [0.29, 0.717) is 13.1 Å². The van der Waals surface area contributed by atoms with Gasteiger partial charge in [0.1, 0.15) is 5.75 Å². The molecule has 0 saturated heterocycles. The first-order chi connectivity index (χ1) is 11.7. The number of nitrogens with one attached hydrogen (secondary N) is 2. The Morgan fingerprint density at radius 1 is 1.08 bits per heavy atom. The third-order valence-corrected chi connectivity index (χ3v) is 4.87. The Balaban J connectivity index is 1.52. The number of methoxy groups -OCH3 is 1. The minimum Gasteiger partial charge on any atom is -0.497 e. The number of ether oxygens (including phenoxy) is 1. The lowest BCUT2D eigenvalue weighted by atomic mass is 9.64. The summed E-state index contributed by atoms with van der Waals surface area (Å²) in [6.07, 6.45) is 3.49. The first-order valence-corrected chi connectivity index (χ1v) is 8.42. The molecule has 4 heteroatoms. The van der Waals surface area contributed by atoms with Crippen molar-refractivity contribution < 1.29 is 9.53 Å². The molecule has 0 aliphatic heterocycles. The Kier molecular flexibility index (Phi) is 5.04. The highest BCUT2D eigenvalue weighted by molar-refractivity contribution is 5.74. The number of carbonyl (C=O) groups is 1. The van der Waals surface area contributed by atoms with Crippen molar-refractivity contribution in [3.63, 3.8) is 0 Å². The van der Waals surface area contributed by atoms with Crippen LogP contribution in [-0.2, 0) is 12.0 Å². The molecule has 1 aliphatic rings. The summed E-state index contributed by atoms with van der Waals surface area (Å²) in [7, 11) is 1.64. The summed E-state index contributed by atoms with van der Waals surface area (Å²) in [6.45, 7) is 1.17. The normalized spacial score (nSPS) is 15.2. The van der Waals surface area contributed by atoms with Crippen LogP contribution in [0.4, 0.5) is 4.79 Å². The van der Waals surface area contributed by atoms with Crippen LogP contribution in [0.2, 0.25) is 0 Å². The molecule has 2 aromatic rings. The molecular weight excluding hydrogens is 300 g/mol. The lowest BCUT2D eigenvalue weighted by Crippen LogP contribution is -2.48. The van der Waals surface area contributed by atoms with Gasteiger partial charge in [-0.25, -0.2) is 4.79 Å². The second-order valence-corrected chi connectivity index (χ2v) is 6.39. The Hall–Kier alpha value is -2.49. The van der Waals surface area contributed by atoms with E-state index in [9.17, 15) is 4.79 Å². The highest BCUT2D eigenvalue weighted by Crippen LogP contribution is 2.43. The van der Waals surface area contributed by atoms with Gasteiger partial charge >= 0.3 is 6.03 Å². The molecule has 0 heterocycles. The van der Waals surface area contributed by atoms with Gasteiger partial charge in [-0.1, -0.05) is 48.9 Å². The number of benzene rings is 2. The molecule has 1 saturated carbocycles. The molecular formula is C20H24N2O2. The van der Waals surface area contributed by atoms with E-state index in [1.54, 1.807) is 7.11 Å². The summed E-state index contributed by atoms with van der Waals surface area (Å²) >= 11 is 0. The number of hydrogen-bond donors (Lipinski definition) is 2. The third kappa shape index (κ3) is 3.70. The van der Waals surface area contributed by atoms with Crippen LogP contribution >= 0.6 is 0 Å². The molecule has 0 spiro atoms. The second kappa shape index (κ2) is 7.39. The van der Waals surface area contributed by atoms with Gasteiger partial charge in [-0.15, -0.1) is 0 Å². The van der Waals surface area contributed by atoms with Crippen LogP contribution in [0, 0.1) is 0 Å². The van der Waals surface area contributed by atoms with E-state index in [2.05, 4.69) is 34.9 Å². The minimum absolute atomic E-state index is 0.106. The molecule has 0 aromatic heterocycles. The van der Waals surface area contributed by atoms with Crippen LogP contribution in [0.5, 0.6) is 5.75 Å². The standard InChI is InChI=1S/C20H24N2O2/c1-24-18-10-5-7-16(13-18)14-21-19(23)22-15-20(11-6-12-20)17-8-3-2-4-9-17/h2-5,7-10,13H,6,11-12,14-15H2,1H3,(H2,21,22,23). The summed E-state index contributed by atoms with van der Waals surface area (Å²) < 4.78 is 5.20. The molecule has 3 rings (SSSR count). The van der Waals surface area contributed by atoms with Crippen molar-refractivity contribution in [1.29, 1.82) is 0 Å². The smallest absolute Gasteiger partial charge is 0.315 e. The zero-order valence-corrected chi connectivity index (χ0v) is 14.0. The summed E-state index contributed by atoms with van der Waals surface area (Å²) in [5.74, 6) is 0.798. The highest BCUT2D eigenvalue weighted by Gasteiger charge is 2.38. The first-order valence-electron chi connectivity index (χ1n) is 8.42. The van der Waals surface area contributed by atoms with Gasteiger partial charge < -0.3 is 15.4 Å². The van der Waals surface area contributed by atoms with Gasteiger partial charge in [-0.2, -0.15) is 0 Å². The van der Waals surface area contributed by atoms with Crippen molar-refractivity contribution in [2.75, 3.05) is 13.7 Å². The van der Waals surface area contributed by atoms with Gasteiger partial charge in [0.05, 0.1) is 7.11 Å². The molecule has 1 aliphatic carbocycles. The van der Waals surface area contributed by atoms with E-state index in [1.165, 1.54) is 12.0 Å². The SMILES string of the molecule is COc1cccc(CNC(=O)NCC2(c3ccccc3)CCC2)c1. The van der Waals surface area contributed by atoms with Crippen LogP contribution in [0.1, 0.15) is 30.4 Å². The Bertz CT molecular complexity index is 681. The average Bonchev–Trinajstić information content (AvgIpc) is 2.60. The molecule has 0 atom stereocenters. The molecule has 2 N–H and O–H groups in total. The Labute approximate surface area is 143 Å². The number of hydrogen-bond acceptors (Lipinski definition) is 2. The van der Waals surface area contributed by atoms with Crippen LogP contribution in [0.3, 0.4) is 0 Å². The summed E-state index contributed by atoms with van der Waals surface area (Å²) in [6, 6.07) is 18.1. The molecule has 24 heavy (non-hydrogen) atoms. The molecule has 4 nitrogen and oxygen atoms in total. The number of amides is 2. The summed E-state index contributed by atoms with van der Waals surface area (Å²) in [4.78, 5) is 12.1. The van der Waals surface area contributed by atoms with Gasteiger partial charge in [0.2, 0.25) is 0 Å². The highest BCUT2D eigenvalue weighted by atomic mass is 16.5. The van der Waals surface area contributed by atoms with Crippen molar-refractivity contribution in [2.45, 2.75) is 31.2 Å². The fraction of sp³-hybridized carbons (Fsp3) is 0.350. The monoisotopic (exact) mass is 324 g/mol. The maximum Gasteiger partial charge on any atom is 0.315 e. The van der Waals surface area contributed by atoms with Gasteiger partial charge in [-0.3, -0.25) is 0 Å². The molecule has 0 radical (unpaired) electrons. The van der Waals surface area contributed by atoms with Gasteiger partial charge in [-0.05, 0) is 36.1 Å².